The quantitative estimate of drug-likeness (QED) is 0.450. The fourth-order valence-corrected chi connectivity index (χ4v) is 6.48. The second-order valence-corrected chi connectivity index (χ2v) is 11.4. The van der Waals surface area contributed by atoms with E-state index >= 15 is 0 Å². The Morgan fingerprint density at radius 1 is 0.750 bits per heavy atom. The molecule has 3 aromatic rings. The van der Waals surface area contributed by atoms with Crippen LogP contribution in [-0.4, -0.2) is 24.1 Å². The van der Waals surface area contributed by atoms with Crippen LogP contribution in [0.5, 0.6) is 0 Å². The SMILES string of the molecule is C[C@]12CNC(=O)[C@](C)(C1)C[C@@](C)(C(=O)Nc1ccc(-c3ccc(C(=O)c4ccccc4)cc3)cc1)C2. The summed E-state index contributed by atoms with van der Waals surface area (Å²) in [6, 6.07) is 24.6. The summed E-state index contributed by atoms with van der Waals surface area (Å²) in [5, 5.41) is 6.14. The highest BCUT2D eigenvalue weighted by Crippen LogP contribution is 2.56. The summed E-state index contributed by atoms with van der Waals surface area (Å²) in [6.45, 7) is 6.76. The van der Waals surface area contributed by atoms with Crippen LogP contribution < -0.4 is 10.6 Å². The normalized spacial score (nSPS) is 27.1. The van der Waals surface area contributed by atoms with Crippen molar-refractivity contribution in [3.63, 3.8) is 0 Å². The van der Waals surface area contributed by atoms with Crippen molar-refractivity contribution in [2.24, 2.45) is 16.2 Å². The molecule has 2 N–H and O–H groups in total. The van der Waals surface area contributed by atoms with Gasteiger partial charge in [0.2, 0.25) is 11.8 Å². The van der Waals surface area contributed by atoms with E-state index in [-0.39, 0.29) is 23.0 Å². The number of anilines is 1. The maximum absolute atomic E-state index is 13.4. The van der Waals surface area contributed by atoms with E-state index in [0.29, 0.717) is 24.1 Å². The molecule has 5 rings (SSSR count). The number of hydrogen-bond acceptors (Lipinski definition) is 3. The number of amides is 2. The van der Waals surface area contributed by atoms with Gasteiger partial charge in [0, 0.05) is 34.2 Å². The maximum atomic E-state index is 13.4. The first-order valence-electron chi connectivity index (χ1n) is 12.5. The number of ketones is 1. The van der Waals surface area contributed by atoms with E-state index < -0.39 is 10.8 Å². The van der Waals surface area contributed by atoms with Gasteiger partial charge in [-0.05, 0) is 47.9 Å². The molecular formula is C31H32N2O3. The average Bonchev–Trinajstić information content (AvgIpc) is 2.86. The van der Waals surface area contributed by atoms with Gasteiger partial charge < -0.3 is 10.6 Å². The minimum Gasteiger partial charge on any atom is -0.355 e. The number of rotatable bonds is 5. The number of hydrogen-bond donors (Lipinski definition) is 2. The van der Waals surface area contributed by atoms with Gasteiger partial charge in [-0.25, -0.2) is 0 Å². The zero-order valence-electron chi connectivity index (χ0n) is 21.1. The molecule has 0 radical (unpaired) electrons. The van der Waals surface area contributed by atoms with Gasteiger partial charge in [-0.15, -0.1) is 0 Å². The van der Waals surface area contributed by atoms with Crippen LogP contribution in [0, 0.1) is 16.2 Å². The highest BCUT2D eigenvalue weighted by molar-refractivity contribution is 6.09. The van der Waals surface area contributed by atoms with E-state index in [4.69, 9.17) is 0 Å². The molecule has 36 heavy (non-hydrogen) atoms. The molecule has 2 fully saturated rings. The minimum absolute atomic E-state index is 0.000701. The van der Waals surface area contributed by atoms with E-state index in [1.807, 2.05) is 92.7 Å². The molecule has 2 bridgehead atoms. The molecule has 1 saturated carbocycles. The van der Waals surface area contributed by atoms with Crippen LogP contribution in [0.15, 0.2) is 78.9 Å². The Bertz CT molecular complexity index is 1320. The Morgan fingerprint density at radius 2 is 1.33 bits per heavy atom. The molecule has 1 heterocycles. The molecule has 1 saturated heterocycles. The third-order valence-electron chi connectivity index (χ3n) is 7.85. The van der Waals surface area contributed by atoms with Crippen LogP contribution in [0.4, 0.5) is 5.69 Å². The molecule has 184 valence electrons. The predicted octanol–water partition coefficient (Wildman–Crippen LogP) is 5.86. The summed E-state index contributed by atoms with van der Waals surface area (Å²) >= 11 is 0. The average molecular weight is 481 g/mol. The van der Waals surface area contributed by atoms with Gasteiger partial charge in [0.25, 0.3) is 0 Å². The van der Waals surface area contributed by atoms with Crippen molar-refractivity contribution >= 4 is 23.3 Å². The van der Waals surface area contributed by atoms with Crippen molar-refractivity contribution in [1.29, 1.82) is 0 Å². The highest BCUT2D eigenvalue weighted by Gasteiger charge is 2.57. The molecule has 5 heteroatoms. The number of carbonyl (C=O) groups excluding carboxylic acids is 3. The van der Waals surface area contributed by atoms with Crippen LogP contribution >= 0.6 is 0 Å². The number of fused-ring (bicyclic) bond motifs is 2. The topological polar surface area (TPSA) is 75.3 Å². The van der Waals surface area contributed by atoms with E-state index in [1.54, 1.807) is 0 Å². The van der Waals surface area contributed by atoms with Gasteiger partial charge >= 0.3 is 0 Å². The summed E-state index contributed by atoms with van der Waals surface area (Å²) in [7, 11) is 0. The number of carbonyl (C=O) groups is 3. The summed E-state index contributed by atoms with van der Waals surface area (Å²) in [6.07, 6.45) is 2.10. The van der Waals surface area contributed by atoms with Crippen molar-refractivity contribution < 1.29 is 14.4 Å². The lowest BCUT2D eigenvalue weighted by Gasteiger charge is -2.54. The molecule has 5 nitrogen and oxygen atoms in total. The molecule has 0 aromatic heterocycles. The molecule has 3 atom stereocenters. The Morgan fingerprint density at radius 3 is 1.97 bits per heavy atom. The van der Waals surface area contributed by atoms with Gasteiger partial charge in [0.15, 0.2) is 5.78 Å². The summed E-state index contributed by atoms with van der Waals surface area (Å²) < 4.78 is 0. The zero-order chi connectivity index (χ0) is 25.6. The smallest absolute Gasteiger partial charge is 0.230 e. The lowest BCUT2D eigenvalue weighted by molar-refractivity contribution is -0.151. The monoisotopic (exact) mass is 480 g/mol. The van der Waals surface area contributed by atoms with Gasteiger partial charge in [0.1, 0.15) is 0 Å². The van der Waals surface area contributed by atoms with Crippen LogP contribution in [0.3, 0.4) is 0 Å². The van der Waals surface area contributed by atoms with E-state index in [9.17, 15) is 14.4 Å². The van der Waals surface area contributed by atoms with E-state index in [0.717, 1.165) is 29.7 Å². The lowest BCUT2D eigenvalue weighted by Crippen LogP contribution is -2.60. The Kier molecular flexibility index (Phi) is 5.82. The van der Waals surface area contributed by atoms with E-state index in [1.165, 1.54) is 0 Å². The maximum Gasteiger partial charge on any atom is 0.230 e. The van der Waals surface area contributed by atoms with Crippen molar-refractivity contribution in [3.05, 3.63) is 90.0 Å². The molecule has 2 amide bonds. The second-order valence-electron chi connectivity index (χ2n) is 11.4. The number of nitrogens with one attached hydrogen (secondary N) is 2. The van der Waals surface area contributed by atoms with Crippen molar-refractivity contribution in [3.8, 4) is 11.1 Å². The van der Waals surface area contributed by atoms with Crippen LogP contribution in [0.1, 0.15) is 56.0 Å². The van der Waals surface area contributed by atoms with Gasteiger partial charge in [-0.2, -0.15) is 0 Å². The molecule has 3 aromatic carbocycles. The molecule has 0 unspecified atom stereocenters. The molecule has 2 aliphatic rings. The lowest BCUT2D eigenvalue weighted by atomic mass is 9.52. The Hall–Kier alpha value is -3.73. The van der Waals surface area contributed by atoms with Crippen LogP contribution in [0.2, 0.25) is 0 Å². The third kappa shape index (κ3) is 4.46. The summed E-state index contributed by atoms with van der Waals surface area (Å²) in [5.74, 6) is 0.0196. The minimum atomic E-state index is -0.612. The largest absolute Gasteiger partial charge is 0.355 e. The Labute approximate surface area is 212 Å². The fourth-order valence-electron chi connectivity index (χ4n) is 6.48. The molecule has 1 aliphatic heterocycles. The molecule has 0 spiro atoms. The van der Waals surface area contributed by atoms with Gasteiger partial charge in [0.05, 0.1) is 0 Å². The first-order chi connectivity index (χ1) is 17.1. The molecular weight excluding hydrogens is 448 g/mol. The van der Waals surface area contributed by atoms with Crippen molar-refractivity contribution in [2.45, 2.75) is 40.0 Å². The second kappa shape index (κ2) is 8.74. The Balaban J connectivity index is 1.28. The predicted molar refractivity (Wildman–Crippen MR) is 142 cm³/mol. The molecule has 1 aliphatic carbocycles. The van der Waals surface area contributed by atoms with Crippen LogP contribution in [-0.2, 0) is 9.59 Å². The highest BCUT2D eigenvalue weighted by atomic mass is 16.2. The fraction of sp³-hybridized carbons (Fsp3) is 0.323. The van der Waals surface area contributed by atoms with Gasteiger partial charge in [-0.3, -0.25) is 14.4 Å². The first kappa shape index (κ1) is 24.0. The van der Waals surface area contributed by atoms with Crippen molar-refractivity contribution in [1.82, 2.24) is 5.32 Å². The number of piperidine rings is 1. The standard InChI is InChI=1S/C31H32N2O3/c1-29-17-30(2,27(35)32-20-29)19-31(3,18-29)28(36)33-25-15-13-22(14-16-25)21-9-11-24(12-10-21)26(34)23-7-5-4-6-8-23/h4-16H,17-20H2,1-3H3,(H,32,35)(H,33,36)/t29-,30+,31-/m0/s1. The zero-order valence-corrected chi connectivity index (χ0v) is 21.1. The van der Waals surface area contributed by atoms with Gasteiger partial charge in [-0.1, -0.05) is 87.5 Å². The summed E-state index contributed by atoms with van der Waals surface area (Å²) in [4.78, 5) is 38.6. The number of benzene rings is 3. The van der Waals surface area contributed by atoms with Crippen LogP contribution in [0.25, 0.3) is 11.1 Å². The first-order valence-corrected chi connectivity index (χ1v) is 12.5. The summed E-state index contributed by atoms with van der Waals surface area (Å²) in [5.41, 5.74) is 2.84. The van der Waals surface area contributed by atoms with Crippen molar-refractivity contribution in [2.75, 3.05) is 11.9 Å². The third-order valence-corrected chi connectivity index (χ3v) is 7.85. The van der Waals surface area contributed by atoms with E-state index in [2.05, 4.69) is 17.6 Å².